The molecule has 0 aliphatic rings. The van der Waals surface area contributed by atoms with Gasteiger partial charge in [-0.1, -0.05) is 278 Å². The summed E-state index contributed by atoms with van der Waals surface area (Å²) >= 11 is 0. The number of phosphoric ester groups is 1. The van der Waals surface area contributed by atoms with Gasteiger partial charge in [-0.3, -0.25) is 14.2 Å². The first-order chi connectivity index (χ1) is 38.4. The molecule has 454 valence electrons. The highest BCUT2D eigenvalue weighted by molar-refractivity contribution is 7.45. The minimum atomic E-state index is -4.72. The molecule has 10 heteroatoms. The van der Waals surface area contributed by atoms with Crippen LogP contribution in [0.15, 0.2) is 109 Å². The Kier molecular flexibility index (Phi) is 55.4. The summed E-state index contributed by atoms with van der Waals surface area (Å²) in [4.78, 5) is 40.0. The molecule has 0 aromatic rings. The fraction of sp³-hybridized carbons (Fsp3) is 0.710. The second-order valence-electron chi connectivity index (χ2n) is 22.7. The predicted molar refractivity (Wildman–Crippen MR) is 339 cm³/mol. The number of nitrogens with zero attached hydrogens (tertiary/aromatic N) is 1. The zero-order valence-electron chi connectivity index (χ0n) is 51.8. The molecular formula is C69H121N2O7P. The van der Waals surface area contributed by atoms with Gasteiger partial charge in [-0.05, 0) is 83.1 Å². The Balaban J connectivity index is 5.16. The minimum Gasteiger partial charge on any atom is -0.756 e. The van der Waals surface area contributed by atoms with E-state index in [1.54, 1.807) is 0 Å². The fourth-order valence-electron chi connectivity index (χ4n) is 8.88. The van der Waals surface area contributed by atoms with Crippen molar-refractivity contribution < 1.29 is 37.3 Å². The maximum absolute atomic E-state index is 13.5. The number of nitrogens with one attached hydrogen (secondary N) is 1. The summed E-state index contributed by atoms with van der Waals surface area (Å²) in [5.74, 6) is -0.595. The molecule has 3 unspecified atom stereocenters. The molecule has 0 aromatic carbocycles. The van der Waals surface area contributed by atoms with Crippen LogP contribution >= 0.6 is 7.82 Å². The van der Waals surface area contributed by atoms with E-state index < -0.39 is 26.6 Å². The van der Waals surface area contributed by atoms with Crippen LogP contribution in [-0.4, -0.2) is 69.4 Å². The molecule has 0 radical (unpaired) electrons. The van der Waals surface area contributed by atoms with Crippen molar-refractivity contribution in [1.82, 2.24) is 5.32 Å². The molecule has 0 bridgehead atoms. The highest BCUT2D eigenvalue weighted by Gasteiger charge is 2.27. The smallest absolute Gasteiger partial charge is 0.306 e. The van der Waals surface area contributed by atoms with Gasteiger partial charge in [0.1, 0.15) is 19.3 Å². The second-order valence-corrected chi connectivity index (χ2v) is 24.1. The van der Waals surface area contributed by atoms with Gasteiger partial charge in [0.25, 0.3) is 7.82 Å². The lowest BCUT2D eigenvalue weighted by molar-refractivity contribution is -0.870. The van der Waals surface area contributed by atoms with E-state index in [2.05, 4.69) is 62.5 Å². The van der Waals surface area contributed by atoms with Gasteiger partial charge in [-0.25, -0.2) is 0 Å². The Labute approximate surface area is 487 Å². The second kappa shape index (κ2) is 57.9. The van der Waals surface area contributed by atoms with E-state index in [4.69, 9.17) is 13.8 Å². The van der Waals surface area contributed by atoms with Crippen molar-refractivity contribution in [2.45, 2.75) is 277 Å². The minimum absolute atomic E-state index is 0.0364. The lowest BCUT2D eigenvalue weighted by Crippen LogP contribution is -2.47. The van der Waals surface area contributed by atoms with Crippen LogP contribution in [-0.2, 0) is 27.9 Å². The van der Waals surface area contributed by atoms with Gasteiger partial charge in [0.2, 0.25) is 5.91 Å². The van der Waals surface area contributed by atoms with Gasteiger partial charge >= 0.3 is 5.97 Å². The molecule has 0 aliphatic carbocycles. The number of amides is 1. The van der Waals surface area contributed by atoms with Crippen LogP contribution in [0.1, 0.15) is 265 Å². The number of phosphoric acid groups is 1. The molecule has 0 spiro atoms. The van der Waals surface area contributed by atoms with Gasteiger partial charge in [-0.2, -0.15) is 0 Å². The number of likely N-dealkylation sites (N-methyl/N-ethyl adjacent to an activating group) is 1. The van der Waals surface area contributed by atoms with E-state index in [0.29, 0.717) is 17.4 Å². The molecule has 0 saturated carbocycles. The average Bonchev–Trinajstić information content (AvgIpc) is 3.41. The fourth-order valence-corrected chi connectivity index (χ4v) is 9.60. The molecule has 0 heterocycles. The largest absolute Gasteiger partial charge is 0.756 e. The van der Waals surface area contributed by atoms with E-state index in [1.807, 2.05) is 94.1 Å². The molecule has 79 heavy (non-hydrogen) atoms. The van der Waals surface area contributed by atoms with Crippen LogP contribution in [0.4, 0.5) is 0 Å². The molecule has 1 amide bonds. The lowest BCUT2D eigenvalue weighted by Gasteiger charge is -2.30. The van der Waals surface area contributed by atoms with Crippen molar-refractivity contribution in [1.29, 1.82) is 0 Å². The topological polar surface area (TPSA) is 114 Å². The SMILES string of the molecule is CC\C=C/C=C/C=C/C=C\C=C\C=C\CCCCCC(=O)NC(COP(=O)([O-])OCC[N+](C)(C)C)C(/C=C\CCCCCCCCCCC)OC(=O)CCCCCCCCCCCCCCCCC/C=C\C/C=C\CCCCC. The molecule has 9 nitrogen and oxygen atoms in total. The number of carbonyl (C=O) groups excluding carboxylic acids is 2. The monoisotopic (exact) mass is 1120 g/mol. The van der Waals surface area contributed by atoms with E-state index in [9.17, 15) is 19.0 Å². The van der Waals surface area contributed by atoms with Crippen molar-refractivity contribution in [3.63, 3.8) is 0 Å². The van der Waals surface area contributed by atoms with Crippen LogP contribution in [0, 0.1) is 0 Å². The van der Waals surface area contributed by atoms with Crippen LogP contribution in [0.2, 0.25) is 0 Å². The number of unbranched alkanes of at least 4 members (excludes halogenated alkanes) is 30. The number of carbonyl (C=O) groups is 2. The standard InChI is InChI=1S/C69H121N2O7P/c1-7-10-13-16-19-22-25-27-29-31-32-33-34-35-36-37-38-40-42-44-47-50-53-56-59-62-69(73)78-67(60-57-54-51-48-45-24-21-18-15-12-9-3)66(65-77-79(74,75)76-64-63-71(4,5)6)70-68(72)61-58-55-52-49-46-43-41-39-30-28-26-23-20-17-14-11-8-2/h11,14,17,19-20,22-23,26-30,39,41,43,46,57,60,66-67H,7-10,12-13,15-16,18,21,24-25,31-38,40,42,44-45,47-56,58-59,61-65H2,1-6H3,(H-,70,72,74,75)/b14-11-,20-17+,22-19-,26-23+,29-27-,30-28-,41-39+,46-43+,60-57-. The van der Waals surface area contributed by atoms with Gasteiger partial charge in [0, 0.05) is 12.8 Å². The summed E-state index contributed by atoms with van der Waals surface area (Å²) in [5, 5.41) is 3.00. The van der Waals surface area contributed by atoms with Crippen LogP contribution in [0.25, 0.3) is 0 Å². The van der Waals surface area contributed by atoms with Crippen LogP contribution < -0.4 is 10.2 Å². The normalized spacial score (nSPS) is 14.4. The maximum Gasteiger partial charge on any atom is 0.306 e. The number of hydrogen-bond acceptors (Lipinski definition) is 7. The van der Waals surface area contributed by atoms with Crippen LogP contribution in [0.3, 0.4) is 0 Å². The Hall–Kier alpha value is -3.33. The van der Waals surface area contributed by atoms with Crippen molar-refractivity contribution in [3.8, 4) is 0 Å². The van der Waals surface area contributed by atoms with E-state index in [-0.39, 0.29) is 31.3 Å². The summed E-state index contributed by atoms with van der Waals surface area (Å²) in [5.41, 5.74) is 0. The van der Waals surface area contributed by atoms with Crippen molar-refractivity contribution >= 4 is 19.7 Å². The molecule has 0 aliphatic heterocycles. The Morgan fingerprint density at radius 1 is 0.468 bits per heavy atom. The molecule has 0 fully saturated rings. The molecule has 0 saturated heterocycles. The molecule has 3 atom stereocenters. The quantitative estimate of drug-likeness (QED) is 0.0161. The third-order valence-corrected chi connectivity index (χ3v) is 14.8. The molecule has 0 aromatic heterocycles. The van der Waals surface area contributed by atoms with Gasteiger partial charge < -0.3 is 28.5 Å². The first-order valence-corrected chi connectivity index (χ1v) is 33.7. The van der Waals surface area contributed by atoms with Gasteiger partial charge in [-0.15, -0.1) is 0 Å². The van der Waals surface area contributed by atoms with Crippen molar-refractivity contribution in [2.24, 2.45) is 0 Å². The molecule has 0 rings (SSSR count). The number of ether oxygens (including phenoxy) is 1. The lowest BCUT2D eigenvalue weighted by atomic mass is 10.0. The zero-order valence-corrected chi connectivity index (χ0v) is 52.7. The van der Waals surface area contributed by atoms with E-state index >= 15 is 0 Å². The third-order valence-electron chi connectivity index (χ3n) is 13.8. The predicted octanol–water partition coefficient (Wildman–Crippen LogP) is 19.5. The number of rotatable bonds is 57. The average molecular weight is 1120 g/mol. The first kappa shape index (κ1) is 75.7. The summed E-state index contributed by atoms with van der Waals surface area (Å²) in [6.45, 7) is 6.63. The summed E-state index contributed by atoms with van der Waals surface area (Å²) in [7, 11) is 1.14. The summed E-state index contributed by atoms with van der Waals surface area (Å²) in [6.07, 6.45) is 79.3. The Morgan fingerprint density at radius 2 is 0.861 bits per heavy atom. The van der Waals surface area contributed by atoms with Crippen molar-refractivity contribution in [3.05, 3.63) is 109 Å². The number of allylic oxidation sites excluding steroid dienone is 17. The molecular weight excluding hydrogens is 1000 g/mol. The Bertz CT molecular complexity index is 1720. The van der Waals surface area contributed by atoms with E-state index in [0.717, 1.165) is 70.6 Å². The number of hydrogen-bond donors (Lipinski definition) is 1. The van der Waals surface area contributed by atoms with Gasteiger partial charge in [0.15, 0.2) is 0 Å². The zero-order chi connectivity index (χ0) is 57.9. The maximum atomic E-state index is 13.5. The summed E-state index contributed by atoms with van der Waals surface area (Å²) < 4.78 is 30.3. The van der Waals surface area contributed by atoms with Crippen LogP contribution in [0.5, 0.6) is 0 Å². The summed E-state index contributed by atoms with van der Waals surface area (Å²) in [6, 6.07) is -0.918. The highest BCUT2D eigenvalue weighted by atomic mass is 31.2. The molecule has 1 N–H and O–H groups in total. The Morgan fingerprint density at radius 3 is 1.35 bits per heavy atom. The first-order valence-electron chi connectivity index (χ1n) is 32.3. The third kappa shape index (κ3) is 59.1. The van der Waals surface area contributed by atoms with E-state index in [1.165, 1.54) is 154 Å². The highest BCUT2D eigenvalue weighted by Crippen LogP contribution is 2.38. The number of quaternary nitrogens is 1. The van der Waals surface area contributed by atoms with Crippen molar-refractivity contribution in [2.75, 3.05) is 40.9 Å². The van der Waals surface area contributed by atoms with Gasteiger partial charge in [0.05, 0.1) is 33.8 Å². The number of esters is 1.